The molecule has 1 amide bonds. The number of amides is 1. The molecule has 10 heteroatoms. The summed E-state index contributed by atoms with van der Waals surface area (Å²) in [6.07, 6.45) is 4.08. The van der Waals surface area contributed by atoms with Crippen LogP contribution in [0.1, 0.15) is 33.0 Å². The number of rotatable bonds is 4. The molecular weight excluding hydrogens is 426 g/mol. The maximum atomic E-state index is 12.9. The zero-order chi connectivity index (χ0) is 22.4. The first-order valence-corrected chi connectivity index (χ1v) is 11.6. The summed E-state index contributed by atoms with van der Waals surface area (Å²) in [5.41, 5.74) is 16.4. The van der Waals surface area contributed by atoms with Crippen molar-refractivity contribution in [3.63, 3.8) is 0 Å². The SMILES string of the molecule is CO[C@H]1CN(c2ccc3c(n2)CC[C@H](NC(=O)c2sc4nc(C)cnc4c2N)C3)C[C@H]1N. The van der Waals surface area contributed by atoms with Gasteiger partial charge in [-0.25, -0.2) is 15.0 Å². The molecule has 5 rings (SSSR count). The van der Waals surface area contributed by atoms with E-state index >= 15 is 0 Å². The summed E-state index contributed by atoms with van der Waals surface area (Å²) in [6, 6.07) is 4.19. The van der Waals surface area contributed by atoms with Gasteiger partial charge in [0, 0.05) is 38.1 Å². The Balaban J connectivity index is 1.28. The van der Waals surface area contributed by atoms with E-state index in [1.54, 1.807) is 13.3 Å². The molecule has 168 valence electrons. The number of nitrogen functional groups attached to an aromatic ring is 1. The smallest absolute Gasteiger partial charge is 0.263 e. The van der Waals surface area contributed by atoms with Gasteiger partial charge in [-0.2, -0.15) is 0 Å². The summed E-state index contributed by atoms with van der Waals surface area (Å²) in [5, 5.41) is 3.15. The molecule has 1 fully saturated rings. The molecule has 3 aromatic rings. The van der Waals surface area contributed by atoms with Crippen LogP contribution in [0.5, 0.6) is 0 Å². The molecule has 0 radical (unpaired) electrons. The highest BCUT2D eigenvalue weighted by Gasteiger charge is 2.32. The van der Waals surface area contributed by atoms with Crippen molar-refractivity contribution >= 4 is 39.1 Å². The zero-order valence-corrected chi connectivity index (χ0v) is 19.0. The molecule has 2 aliphatic rings. The molecule has 0 aromatic carbocycles. The first-order valence-electron chi connectivity index (χ1n) is 10.8. The summed E-state index contributed by atoms with van der Waals surface area (Å²) in [6.45, 7) is 3.36. The van der Waals surface area contributed by atoms with E-state index in [1.165, 1.54) is 16.9 Å². The predicted octanol–water partition coefficient (Wildman–Crippen LogP) is 1.43. The minimum absolute atomic E-state index is 0.00641. The normalized spacial score (nSPS) is 22.8. The number of hydrogen-bond donors (Lipinski definition) is 3. The van der Waals surface area contributed by atoms with E-state index in [4.69, 9.17) is 21.2 Å². The third-order valence-corrected chi connectivity index (χ3v) is 7.37. The van der Waals surface area contributed by atoms with Gasteiger partial charge in [0.05, 0.1) is 23.5 Å². The summed E-state index contributed by atoms with van der Waals surface area (Å²) in [4.78, 5) is 29.9. The lowest BCUT2D eigenvalue weighted by atomic mass is 9.91. The molecule has 5 N–H and O–H groups in total. The molecule has 0 spiro atoms. The van der Waals surface area contributed by atoms with E-state index in [1.807, 2.05) is 13.0 Å². The van der Waals surface area contributed by atoms with Crippen molar-refractivity contribution in [2.75, 3.05) is 30.8 Å². The van der Waals surface area contributed by atoms with Gasteiger partial charge in [-0.05, 0) is 37.8 Å². The summed E-state index contributed by atoms with van der Waals surface area (Å²) >= 11 is 1.29. The zero-order valence-electron chi connectivity index (χ0n) is 18.2. The largest absolute Gasteiger partial charge is 0.396 e. The Hall–Kier alpha value is -2.82. The van der Waals surface area contributed by atoms with E-state index in [0.29, 0.717) is 20.9 Å². The Kier molecular flexibility index (Phi) is 5.44. The Labute approximate surface area is 190 Å². The molecule has 32 heavy (non-hydrogen) atoms. The van der Waals surface area contributed by atoms with Crippen molar-refractivity contribution in [2.24, 2.45) is 5.73 Å². The van der Waals surface area contributed by atoms with Crippen molar-refractivity contribution in [2.45, 2.75) is 44.4 Å². The van der Waals surface area contributed by atoms with Crippen LogP contribution in [-0.2, 0) is 17.6 Å². The third kappa shape index (κ3) is 3.78. The van der Waals surface area contributed by atoms with Gasteiger partial charge in [-0.3, -0.25) is 4.79 Å². The van der Waals surface area contributed by atoms with E-state index in [-0.39, 0.29) is 24.1 Å². The van der Waals surface area contributed by atoms with Crippen LogP contribution in [0.2, 0.25) is 0 Å². The number of pyridine rings is 1. The molecule has 3 aromatic heterocycles. The van der Waals surface area contributed by atoms with Gasteiger partial charge in [-0.15, -0.1) is 11.3 Å². The fraction of sp³-hybridized carbons (Fsp3) is 0.455. The van der Waals surface area contributed by atoms with Crippen molar-refractivity contribution < 1.29 is 9.53 Å². The molecule has 1 aliphatic carbocycles. The summed E-state index contributed by atoms with van der Waals surface area (Å²) in [5.74, 6) is 0.772. The van der Waals surface area contributed by atoms with Crippen molar-refractivity contribution in [3.05, 3.63) is 40.2 Å². The van der Waals surface area contributed by atoms with Crippen molar-refractivity contribution in [3.8, 4) is 0 Å². The lowest BCUT2D eigenvalue weighted by Gasteiger charge is -2.26. The Morgan fingerprint density at radius 2 is 2.16 bits per heavy atom. The number of ether oxygens (including phenoxy) is 1. The lowest BCUT2D eigenvalue weighted by molar-refractivity contribution is 0.0938. The second-order valence-corrected chi connectivity index (χ2v) is 9.54. The van der Waals surface area contributed by atoms with E-state index < -0.39 is 0 Å². The number of nitrogens with zero attached hydrogens (tertiary/aromatic N) is 4. The minimum Gasteiger partial charge on any atom is -0.396 e. The maximum Gasteiger partial charge on any atom is 0.263 e. The average Bonchev–Trinajstić information content (AvgIpc) is 3.32. The molecule has 3 atom stereocenters. The van der Waals surface area contributed by atoms with Crippen LogP contribution in [0.25, 0.3) is 10.3 Å². The van der Waals surface area contributed by atoms with Gasteiger partial charge in [0.2, 0.25) is 0 Å². The van der Waals surface area contributed by atoms with Crippen LogP contribution in [0.15, 0.2) is 18.3 Å². The number of carbonyl (C=O) groups is 1. The van der Waals surface area contributed by atoms with Crippen LogP contribution < -0.4 is 21.7 Å². The van der Waals surface area contributed by atoms with Gasteiger partial charge in [0.25, 0.3) is 5.91 Å². The van der Waals surface area contributed by atoms with Crippen LogP contribution >= 0.6 is 11.3 Å². The molecular formula is C22H27N7O2S. The number of methoxy groups -OCH3 is 1. The van der Waals surface area contributed by atoms with Gasteiger partial charge < -0.3 is 26.4 Å². The Bertz CT molecular complexity index is 1180. The van der Waals surface area contributed by atoms with Crippen molar-refractivity contribution in [1.29, 1.82) is 0 Å². The lowest BCUT2D eigenvalue weighted by Crippen LogP contribution is -2.39. The molecule has 1 aliphatic heterocycles. The van der Waals surface area contributed by atoms with E-state index in [9.17, 15) is 4.79 Å². The highest BCUT2D eigenvalue weighted by molar-refractivity contribution is 7.21. The number of aromatic nitrogens is 3. The first kappa shape index (κ1) is 21.0. The molecule has 0 saturated carbocycles. The number of carbonyl (C=O) groups excluding carboxylic acids is 1. The first-order chi connectivity index (χ1) is 15.4. The fourth-order valence-corrected chi connectivity index (χ4v) is 5.52. The molecule has 0 bridgehead atoms. The van der Waals surface area contributed by atoms with Gasteiger partial charge in [0.15, 0.2) is 0 Å². The number of nitrogens with one attached hydrogen (secondary N) is 1. The quantitative estimate of drug-likeness (QED) is 0.540. The van der Waals surface area contributed by atoms with E-state index in [0.717, 1.165) is 49.6 Å². The maximum absolute atomic E-state index is 12.9. The third-order valence-electron chi connectivity index (χ3n) is 6.29. The highest BCUT2D eigenvalue weighted by Crippen LogP contribution is 2.31. The van der Waals surface area contributed by atoms with Gasteiger partial charge in [-0.1, -0.05) is 6.07 Å². The molecule has 0 unspecified atom stereocenters. The van der Waals surface area contributed by atoms with Crippen LogP contribution in [0.4, 0.5) is 11.5 Å². The molecule has 4 heterocycles. The molecule has 1 saturated heterocycles. The van der Waals surface area contributed by atoms with Crippen LogP contribution in [0, 0.1) is 6.92 Å². The monoisotopic (exact) mass is 453 g/mol. The standard InChI is InChI=1S/C22H27N7O2S/c1-11-8-25-19-18(24)20(32-22(19)26-11)21(30)27-13-4-5-15-12(7-13)3-6-17(28-15)29-9-14(23)16(10-29)31-2/h3,6,8,13-14,16H,4-5,7,9-10,23-24H2,1-2H3,(H,27,30)/t13-,14+,16-/m0/s1. The topological polar surface area (TPSA) is 132 Å². The highest BCUT2D eigenvalue weighted by atomic mass is 32.1. The van der Waals surface area contributed by atoms with Gasteiger partial charge >= 0.3 is 0 Å². The molecule has 9 nitrogen and oxygen atoms in total. The average molecular weight is 454 g/mol. The van der Waals surface area contributed by atoms with Gasteiger partial charge in [0.1, 0.15) is 21.0 Å². The second-order valence-electron chi connectivity index (χ2n) is 8.54. The summed E-state index contributed by atoms with van der Waals surface area (Å²) in [7, 11) is 1.70. The number of nitrogens with two attached hydrogens (primary N) is 2. The number of aryl methyl sites for hydroxylation is 2. The summed E-state index contributed by atoms with van der Waals surface area (Å²) < 4.78 is 5.46. The number of anilines is 2. The van der Waals surface area contributed by atoms with Crippen molar-refractivity contribution in [1.82, 2.24) is 20.3 Å². The minimum atomic E-state index is -0.167. The van der Waals surface area contributed by atoms with Crippen LogP contribution in [-0.4, -0.2) is 59.2 Å². The Morgan fingerprint density at radius 3 is 2.94 bits per heavy atom. The van der Waals surface area contributed by atoms with Crippen LogP contribution in [0.3, 0.4) is 0 Å². The Morgan fingerprint density at radius 1 is 1.31 bits per heavy atom. The second kappa shape index (κ2) is 8.27. The predicted molar refractivity (Wildman–Crippen MR) is 125 cm³/mol. The van der Waals surface area contributed by atoms with E-state index in [2.05, 4.69) is 26.3 Å². The number of hydrogen-bond acceptors (Lipinski definition) is 9. The number of fused-ring (bicyclic) bond motifs is 2. The fourth-order valence-electron chi connectivity index (χ4n) is 4.52. The number of thiophene rings is 1.